The van der Waals surface area contributed by atoms with Crippen molar-refractivity contribution in [2.75, 3.05) is 11.1 Å². The maximum absolute atomic E-state index is 6.49. The van der Waals surface area contributed by atoms with E-state index in [0.717, 1.165) is 27.7 Å². The Morgan fingerprint density at radius 1 is 0.833 bits per heavy atom. The molecule has 0 aliphatic heterocycles. The zero-order chi connectivity index (χ0) is 20.5. The summed E-state index contributed by atoms with van der Waals surface area (Å²) in [4.78, 5) is 9.56. The van der Waals surface area contributed by atoms with Gasteiger partial charge in [-0.05, 0) is 24.3 Å². The molecular weight excluding hydrogens is 396 g/mol. The summed E-state index contributed by atoms with van der Waals surface area (Å²) in [6.45, 7) is 0. The van der Waals surface area contributed by atoms with Gasteiger partial charge in [0.15, 0.2) is 11.6 Å². The molecule has 6 nitrogen and oxygen atoms in total. The Bertz CT molecular complexity index is 1330. The van der Waals surface area contributed by atoms with Crippen molar-refractivity contribution in [2.45, 2.75) is 0 Å². The number of nitrogens with two attached hydrogens (primary N) is 1. The molecule has 0 aliphatic rings. The second-order valence-electron chi connectivity index (χ2n) is 6.80. The number of nitrogen functional groups attached to an aromatic ring is 1. The third-order valence-corrected chi connectivity index (χ3v) is 5.08. The predicted octanol–water partition coefficient (Wildman–Crippen LogP) is 5.67. The van der Waals surface area contributed by atoms with Crippen LogP contribution in [-0.4, -0.2) is 20.2 Å². The average molecular weight is 413 g/mol. The van der Waals surface area contributed by atoms with Crippen molar-refractivity contribution >= 4 is 39.8 Å². The summed E-state index contributed by atoms with van der Waals surface area (Å²) in [5, 5.41) is 11.7. The minimum atomic E-state index is 0.317. The van der Waals surface area contributed by atoms with E-state index in [2.05, 4.69) is 15.5 Å². The van der Waals surface area contributed by atoms with Crippen LogP contribution in [0.2, 0.25) is 5.02 Å². The van der Waals surface area contributed by atoms with Crippen molar-refractivity contribution in [2.24, 2.45) is 0 Å². The SMILES string of the molecule is Nc1nc(-c2ccccc2)c(-c2cc(Cl)c3[nH]ncc3c2)nc1Nc1ccccc1. The van der Waals surface area contributed by atoms with Gasteiger partial charge in [-0.1, -0.05) is 60.1 Å². The second-order valence-corrected chi connectivity index (χ2v) is 7.21. The predicted molar refractivity (Wildman–Crippen MR) is 122 cm³/mol. The molecule has 3 aromatic carbocycles. The molecule has 0 bridgehead atoms. The van der Waals surface area contributed by atoms with Crippen molar-refractivity contribution < 1.29 is 0 Å². The van der Waals surface area contributed by atoms with Gasteiger partial charge in [-0.2, -0.15) is 5.10 Å². The van der Waals surface area contributed by atoms with Crippen LogP contribution < -0.4 is 11.1 Å². The lowest BCUT2D eigenvalue weighted by Gasteiger charge is -2.14. The van der Waals surface area contributed by atoms with Gasteiger partial charge in [0.1, 0.15) is 0 Å². The first-order chi connectivity index (χ1) is 14.7. The van der Waals surface area contributed by atoms with Gasteiger partial charge in [-0.25, -0.2) is 9.97 Å². The van der Waals surface area contributed by atoms with Gasteiger partial charge in [0.2, 0.25) is 0 Å². The molecule has 2 aromatic heterocycles. The molecule has 0 amide bonds. The lowest BCUT2D eigenvalue weighted by Crippen LogP contribution is -2.05. The van der Waals surface area contributed by atoms with Crippen LogP contribution in [0.3, 0.4) is 0 Å². The minimum absolute atomic E-state index is 0.317. The second kappa shape index (κ2) is 7.50. The van der Waals surface area contributed by atoms with Gasteiger partial charge in [-0.3, -0.25) is 5.10 Å². The molecule has 5 rings (SSSR count). The normalized spacial score (nSPS) is 11.0. The van der Waals surface area contributed by atoms with Crippen LogP contribution in [0, 0.1) is 0 Å². The molecule has 4 N–H and O–H groups in total. The molecule has 0 saturated heterocycles. The van der Waals surface area contributed by atoms with E-state index in [1.54, 1.807) is 6.20 Å². The molecule has 146 valence electrons. The van der Waals surface area contributed by atoms with E-state index in [1.807, 2.05) is 72.8 Å². The largest absolute Gasteiger partial charge is 0.381 e. The van der Waals surface area contributed by atoms with E-state index in [-0.39, 0.29) is 0 Å². The number of hydrogen-bond acceptors (Lipinski definition) is 5. The molecule has 0 atom stereocenters. The number of H-pyrrole nitrogens is 1. The van der Waals surface area contributed by atoms with E-state index in [9.17, 15) is 0 Å². The molecule has 0 aliphatic carbocycles. The van der Waals surface area contributed by atoms with Crippen molar-refractivity contribution in [3.05, 3.63) is 84.0 Å². The molecule has 7 heteroatoms. The fraction of sp³-hybridized carbons (Fsp3) is 0. The van der Waals surface area contributed by atoms with Crippen molar-refractivity contribution in [1.82, 2.24) is 20.2 Å². The Morgan fingerprint density at radius 2 is 1.53 bits per heavy atom. The number of para-hydroxylation sites is 1. The van der Waals surface area contributed by atoms with Gasteiger partial charge in [0, 0.05) is 22.2 Å². The number of aromatic amines is 1. The molecule has 0 spiro atoms. The fourth-order valence-corrected chi connectivity index (χ4v) is 3.62. The fourth-order valence-electron chi connectivity index (χ4n) is 3.35. The summed E-state index contributed by atoms with van der Waals surface area (Å²) < 4.78 is 0. The number of rotatable bonds is 4. The highest BCUT2D eigenvalue weighted by atomic mass is 35.5. The summed E-state index contributed by atoms with van der Waals surface area (Å²) >= 11 is 6.49. The van der Waals surface area contributed by atoms with Crippen LogP contribution in [-0.2, 0) is 0 Å². The Labute approximate surface area is 177 Å². The molecule has 0 saturated carbocycles. The molecule has 0 radical (unpaired) electrons. The summed E-state index contributed by atoms with van der Waals surface area (Å²) in [7, 11) is 0. The van der Waals surface area contributed by atoms with Gasteiger partial charge >= 0.3 is 0 Å². The van der Waals surface area contributed by atoms with Crippen LogP contribution in [0.5, 0.6) is 0 Å². The highest BCUT2D eigenvalue weighted by Gasteiger charge is 2.17. The number of halogens is 1. The van der Waals surface area contributed by atoms with Gasteiger partial charge in [0.05, 0.1) is 28.1 Å². The zero-order valence-corrected chi connectivity index (χ0v) is 16.6. The summed E-state index contributed by atoms with van der Waals surface area (Å²) in [6, 6.07) is 23.4. The maximum Gasteiger partial charge on any atom is 0.174 e. The van der Waals surface area contributed by atoms with E-state index >= 15 is 0 Å². The van der Waals surface area contributed by atoms with E-state index < -0.39 is 0 Å². The molecule has 0 fully saturated rings. The topological polar surface area (TPSA) is 92.5 Å². The van der Waals surface area contributed by atoms with E-state index in [0.29, 0.717) is 28.0 Å². The minimum Gasteiger partial charge on any atom is -0.381 e. The number of benzene rings is 3. The van der Waals surface area contributed by atoms with Crippen LogP contribution in [0.4, 0.5) is 17.3 Å². The zero-order valence-electron chi connectivity index (χ0n) is 15.8. The Balaban J connectivity index is 1.72. The van der Waals surface area contributed by atoms with Crippen molar-refractivity contribution in [3.8, 4) is 22.5 Å². The molecule has 0 unspecified atom stereocenters. The lowest BCUT2D eigenvalue weighted by molar-refractivity contribution is 1.12. The standard InChI is InChI=1S/C23H17ClN6/c24-18-12-15(11-16-13-26-30-19(16)18)21-20(14-7-3-1-4-8-14)28-22(25)23(29-21)27-17-9-5-2-6-10-17/h1-13H,(H2,25,28)(H,26,30)(H,27,29). The number of nitrogens with zero attached hydrogens (tertiary/aromatic N) is 3. The Morgan fingerprint density at radius 3 is 2.30 bits per heavy atom. The van der Waals surface area contributed by atoms with Crippen LogP contribution >= 0.6 is 11.6 Å². The molecule has 2 heterocycles. The van der Waals surface area contributed by atoms with Crippen LogP contribution in [0.25, 0.3) is 33.4 Å². The summed E-state index contributed by atoms with van der Waals surface area (Å²) in [5.41, 5.74) is 11.1. The van der Waals surface area contributed by atoms with Crippen LogP contribution in [0.15, 0.2) is 79.0 Å². The molecule has 30 heavy (non-hydrogen) atoms. The summed E-state index contributed by atoms with van der Waals surface area (Å²) in [6.07, 6.45) is 1.74. The number of aromatic nitrogens is 4. The number of nitrogens with one attached hydrogen (secondary N) is 2. The third kappa shape index (κ3) is 3.33. The average Bonchev–Trinajstić information content (AvgIpc) is 3.26. The van der Waals surface area contributed by atoms with Gasteiger partial charge in [-0.15, -0.1) is 0 Å². The molecular formula is C23H17ClN6. The monoisotopic (exact) mass is 412 g/mol. The first-order valence-electron chi connectivity index (χ1n) is 9.37. The van der Waals surface area contributed by atoms with E-state index in [1.165, 1.54) is 0 Å². The molecule has 5 aromatic rings. The highest BCUT2D eigenvalue weighted by molar-refractivity contribution is 6.35. The van der Waals surface area contributed by atoms with Crippen LogP contribution in [0.1, 0.15) is 0 Å². The first-order valence-corrected chi connectivity index (χ1v) is 9.75. The van der Waals surface area contributed by atoms with Crippen molar-refractivity contribution in [3.63, 3.8) is 0 Å². The third-order valence-electron chi connectivity index (χ3n) is 4.78. The number of anilines is 3. The highest BCUT2D eigenvalue weighted by Crippen LogP contribution is 2.36. The lowest BCUT2D eigenvalue weighted by atomic mass is 10.0. The van der Waals surface area contributed by atoms with Gasteiger partial charge in [0.25, 0.3) is 0 Å². The number of fused-ring (bicyclic) bond motifs is 1. The smallest absolute Gasteiger partial charge is 0.174 e. The van der Waals surface area contributed by atoms with Crippen molar-refractivity contribution in [1.29, 1.82) is 0 Å². The van der Waals surface area contributed by atoms with E-state index in [4.69, 9.17) is 27.3 Å². The first kappa shape index (κ1) is 18.1. The maximum atomic E-state index is 6.49. The summed E-state index contributed by atoms with van der Waals surface area (Å²) in [5.74, 6) is 0.802. The number of hydrogen-bond donors (Lipinski definition) is 3. The Hall–Kier alpha value is -3.90. The quantitative estimate of drug-likeness (QED) is 0.354. The van der Waals surface area contributed by atoms with Gasteiger partial charge < -0.3 is 11.1 Å². The Kier molecular flexibility index (Phi) is 4.53.